The van der Waals surface area contributed by atoms with Crippen LogP contribution in [0.3, 0.4) is 0 Å². The van der Waals surface area contributed by atoms with Gasteiger partial charge in [0.2, 0.25) is 0 Å². The summed E-state index contributed by atoms with van der Waals surface area (Å²) in [6.45, 7) is 2.30. The minimum absolute atomic E-state index is 0.598. The summed E-state index contributed by atoms with van der Waals surface area (Å²) in [5.41, 5.74) is 6.28. The van der Waals surface area contributed by atoms with Gasteiger partial charge in [0, 0.05) is 6.04 Å². The standard InChI is InChI=1S/C11H17N3/c1-8-2-4-10(6-8)14-11-5-3-9(12)7-13-11/h3,5,7-8,10H,2,4,6,12H2,1H3,(H,13,14). The van der Waals surface area contributed by atoms with Gasteiger partial charge in [-0.3, -0.25) is 0 Å². The molecule has 14 heavy (non-hydrogen) atoms. The van der Waals surface area contributed by atoms with Gasteiger partial charge in [-0.1, -0.05) is 6.92 Å². The summed E-state index contributed by atoms with van der Waals surface area (Å²) >= 11 is 0. The molecule has 0 spiro atoms. The first-order valence-electron chi connectivity index (χ1n) is 5.22. The molecule has 76 valence electrons. The molecule has 1 fully saturated rings. The molecule has 3 N–H and O–H groups in total. The van der Waals surface area contributed by atoms with E-state index in [1.807, 2.05) is 12.1 Å². The Labute approximate surface area is 84.7 Å². The molecular weight excluding hydrogens is 174 g/mol. The van der Waals surface area contributed by atoms with Crippen LogP contribution in [0, 0.1) is 5.92 Å². The van der Waals surface area contributed by atoms with Crippen LogP contribution >= 0.6 is 0 Å². The highest BCUT2D eigenvalue weighted by Gasteiger charge is 2.20. The smallest absolute Gasteiger partial charge is 0.126 e. The largest absolute Gasteiger partial charge is 0.397 e. The molecule has 0 saturated heterocycles. The van der Waals surface area contributed by atoms with E-state index in [-0.39, 0.29) is 0 Å². The monoisotopic (exact) mass is 191 g/mol. The van der Waals surface area contributed by atoms with Gasteiger partial charge in [0.15, 0.2) is 0 Å². The van der Waals surface area contributed by atoms with Crippen molar-refractivity contribution in [2.75, 3.05) is 11.1 Å². The van der Waals surface area contributed by atoms with Gasteiger partial charge in [0.25, 0.3) is 0 Å². The lowest BCUT2D eigenvalue weighted by Crippen LogP contribution is -2.16. The maximum Gasteiger partial charge on any atom is 0.126 e. The second-order valence-corrected chi connectivity index (χ2v) is 4.24. The molecule has 0 amide bonds. The fraction of sp³-hybridized carbons (Fsp3) is 0.545. The number of rotatable bonds is 2. The lowest BCUT2D eigenvalue weighted by molar-refractivity contribution is 0.602. The first kappa shape index (κ1) is 9.31. The van der Waals surface area contributed by atoms with Gasteiger partial charge in [-0.15, -0.1) is 0 Å². The molecule has 3 nitrogen and oxygen atoms in total. The Bertz CT molecular complexity index is 294. The topological polar surface area (TPSA) is 50.9 Å². The van der Waals surface area contributed by atoms with Crippen LogP contribution in [0.1, 0.15) is 26.2 Å². The molecule has 1 saturated carbocycles. The van der Waals surface area contributed by atoms with E-state index in [0.29, 0.717) is 6.04 Å². The van der Waals surface area contributed by atoms with Crippen molar-refractivity contribution in [3.05, 3.63) is 18.3 Å². The summed E-state index contributed by atoms with van der Waals surface area (Å²) < 4.78 is 0. The molecule has 1 heterocycles. The zero-order chi connectivity index (χ0) is 9.97. The summed E-state index contributed by atoms with van der Waals surface area (Å²) in [5.74, 6) is 1.79. The van der Waals surface area contributed by atoms with Crippen LogP contribution < -0.4 is 11.1 Å². The molecule has 1 aromatic heterocycles. The third-order valence-corrected chi connectivity index (χ3v) is 2.83. The Kier molecular flexibility index (Phi) is 2.57. The molecule has 0 aromatic carbocycles. The number of anilines is 2. The molecule has 0 aliphatic heterocycles. The normalized spacial score (nSPS) is 26.4. The van der Waals surface area contributed by atoms with Crippen LogP contribution in [0.4, 0.5) is 11.5 Å². The molecule has 2 rings (SSSR count). The van der Waals surface area contributed by atoms with Crippen molar-refractivity contribution in [2.45, 2.75) is 32.2 Å². The first-order valence-corrected chi connectivity index (χ1v) is 5.22. The first-order chi connectivity index (χ1) is 6.74. The average Bonchev–Trinajstić information content (AvgIpc) is 2.56. The average molecular weight is 191 g/mol. The summed E-state index contributed by atoms with van der Waals surface area (Å²) in [4.78, 5) is 4.23. The second kappa shape index (κ2) is 3.86. The lowest BCUT2D eigenvalue weighted by Gasteiger charge is -2.12. The van der Waals surface area contributed by atoms with E-state index in [9.17, 15) is 0 Å². The minimum Gasteiger partial charge on any atom is -0.397 e. The van der Waals surface area contributed by atoms with Gasteiger partial charge >= 0.3 is 0 Å². The molecule has 0 bridgehead atoms. The van der Waals surface area contributed by atoms with Crippen LogP contribution in [0.15, 0.2) is 18.3 Å². The van der Waals surface area contributed by atoms with Crippen molar-refractivity contribution in [1.82, 2.24) is 4.98 Å². The van der Waals surface area contributed by atoms with E-state index >= 15 is 0 Å². The number of pyridine rings is 1. The van der Waals surface area contributed by atoms with E-state index in [1.165, 1.54) is 19.3 Å². The van der Waals surface area contributed by atoms with Gasteiger partial charge in [0.1, 0.15) is 5.82 Å². The van der Waals surface area contributed by atoms with E-state index in [4.69, 9.17) is 5.73 Å². The fourth-order valence-electron chi connectivity index (χ4n) is 2.04. The summed E-state index contributed by atoms with van der Waals surface area (Å²) in [5, 5.41) is 3.43. The van der Waals surface area contributed by atoms with E-state index < -0.39 is 0 Å². The predicted molar refractivity (Wildman–Crippen MR) is 59.1 cm³/mol. The second-order valence-electron chi connectivity index (χ2n) is 4.24. The molecule has 1 aromatic rings. The Morgan fingerprint density at radius 1 is 1.43 bits per heavy atom. The van der Waals surface area contributed by atoms with Gasteiger partial charge in [-0.25, -0.2) is 4.98 Å². The zero-order valence-electron chi connectivity index (χ0n) is 8.53. The molecule has 3 heteroatoms. The van der Waals surface area contributed by atoms with Crippen LogP contribution in [-0.2, 0) is 0 Å². The number of nitrogens with two attached hydrogens (primary N) is 1. The Hall–Kier alpha value is -1.25. The third-order valence-electron chi connectivity index (χ3n) is 2.83. The summed E-state index contributed by atoms with van der Waals surface area (Å²) in [6, 6.07) is 4.42. The van der Waals surface area contributed by atoms with Gasteiger partial charge in [-0.2, -0.15) is 0 Å². The molecular formula is C11H17N3. The molecule has 2 atom stereocenters. The van der Waals surface area contributed by atoms with Crippen LogP contribution in [0.25, 0.3) is 0 Å². The quantitative estimate of drug-likeness (QED) is 0.754. The Morgan fingerprint density at radius 3 is 2.86 bits per heavy atom. The number of hydrogen-bond donors (Lipinski definition) is 2. The van der Waals surface area contributed by atoms with E-state index in [0.717, 1.165) is 17.4 Å². The number of nitrogens with zero attached hydrogens (tertiary/aromatic N) is 1. The fourth-order valence-corrected chi connectivity index (χ4v) is 2.04. The van der Waals surface area contributed by atoms with Gasteiger partial charge in [0.05, 0.1) is 11.9 Å². The van der Waals surface area contributed by atoms with Crippen LogP contribution in [0.5, 0.6) is 0 Å². The van der Waals surface area contributed by atoms with E-state index in [2.05, 4.69) is 17.2 Å². The number of hydrogen-bond acceptors (Lipinski definition) is 3. The number of aromatic nitrogens is 1. The number of nitrogens with one attached hydrogen (secondary N) is 1. The van der Waals surface area contributed by atoms with Crippen LogP contribution in [-0.4, -0.2) is 11.0 Å². The SMILES string of the molecule is CC1CCC(Nc2ccc(N)cn2)C1. The highest BCUT2D eigenvalue weighted by molar-refractivity contribution is 5.44. The predicted octanol–water partition coefficient (Wildman–Crippen LogP) is 2.26. The molecule has 1 aliphatic rings. The van der Waals surface area contributed by atoms with Crippen molar-refractivity contribution < 1.29 is 0 Å². The summed E-state index contributed by atoms with van der Waals surface area (Å²) in [6.07, 6.45) is 5.53. The highest BCUT2D eigenvalue weighted by atomic mass is 15.0. The highest BCUT2D eigenvalue weighted by Crippen LogP contribution is 2.26. The maximum atomic E-state index is 5.57. The van der Waals surface area contributed by atoms with Crippen molar-refractivity contribution in [2.24, 2.45) is 5.92 Å². The minimum atomic E-state index is 0.598. The zero-order valence-corrected chi connectivity index (χ0v) is 8.53. The summed E-state index contributed by atoms with van der Waals surface area (Å²) in [7, 11) is 0. The van der Waals surface area contributed by atoms with Crippen molar-refractivity contribution >= 4 is 11.5 Å². The van der Waals surface area contributed by atoms with E-state index in [1.54, 1.807) is 6.20 Å². The number of nitrogen functional groups attached to an aromatic ring is 1. The molecule has 0 radical (unpaired) electrons. The van der Waals surface area contributed by atoms with Gasteiger partial charge < -0.3 is 11.1 Å². The van der Waals surface area contributed by atoms with Crippen molar-refractivity contribution in [1.29, 1.82) is 0 Å². The Balaban J connectivity index is 1.94. The molecule has 2 unspecified atom stereocenters. The van der Waals surface area contributed by atoms with Crippen molar-refractivity contribution in [3.8, 4) is 0 Å². The van der Waals surface area contributed by atoms with Gasteiger partial charge in [-0.05, 0) is 37.3 Å². The molecule has 1 aliphatic carbocycles. The third kappa shape index (κ3) is 2.16. The maximum absolute atomic E-state index is 5.57. The van der Waals surface area contributed by atoms with Crippen molar-refractivity contribution in [3.63, 3.8) is 0 Å². The van der Waals surface area contributed by atoms with Crippen LogP contribution in [0.2, 0.25) is 0 Å². The Morgan fingerprint density at radius 2 is 2.29 bits per heavy atom. The lowest BCUT2D eigenvalue weighted by atomic mass is 10.1.